The Morgan fingerprint density at radius 3 is 3.00 bits per heavy atom. The Hall–Kier alpha value is -1.36. The fraction of sp³-hybridized carbons (Fsp3) is 0.111. The van der Waals surface area contributed by atoms with E-state index in [9.17, 15) is 4.79 Å². The third-order valence-electron chi connectivity index (χ3n) is 1.94. The Bertz CT molecular complexity index is 492. The predicted octanol–water partition coefficient (Wildman–Crippen LogP) is 1.99. The normalized spacial score (nSPS) is 10.4. The SMILES string of the molecule is CNC(=O)n1ccc2ccc(Br)nc21. The molecule has 0 spiro atoms. The van der Waals surface area contributed by atoms with Crippen LogP contribution in [0.1, 0.15) is 0 Å². The quantitative estimate of drug-likeness (QED) is 0.731. The van der Waals surface area contributed by atoms with Crippen LogP contribution >= 0.6 is 15.9 Å². The third-order valence-corrected chi connectivity index (χ3v) is 2.38. The lowest BCUT2D eigenvalue weighted by Gasteiger charge is -2.01. The molecule has 0 saturated carbocycles. The van der Waals surface area contributed by atoms with Crippen molar-refractivity contribution in [2.45, 2.75) is 0 Å². The van der Waals surface area contributed by atoms with Crippen LogP contribution in [0, 0.1) is 0 Å². The van der Waals surface area contributed by atoms with Gasteiger partial charge in [-0.05, 0) is 34.1 Å². The Morgan fingerprint density at radius 1 is 1.50 bits per heavy atom. The summed E-state index contributed by atoms with van der Waals surface area (Å²) in [7, 11) is 1.59. The summed E-state index contributed by atoms with van der Waals surface area (Å²) < 4.78 is 2.19. The van der Waals surface area contributed by atoms with Crippen molar-refractivity contribution in [1.82, 2.24) is 14.9 Å². The lowest BCUT2D eigenvalue weighted by molar-refractivity contribution is 0.245. The van der Waals surface area contributed by atoms with Gasteiger partial charge in [0.25, 0.3) is 0 Å². The van der Waals surface area contributed by atoms with Crippen LogP contribution < -0.4 is 5.32 Å². The Kier molecular flexibility index (Phi) is 2.25. The molecule has 0 bridgehead atoms. The van der Waals surface area contributed by atoms with Crippen molar-refractivity contribution < 1.29 is 4.79 Å². The summed E-state index contributed by atoms with van der Waals surface area (Å²) in [6, 6.07) is 5.41. The van der Waals surface area contributed by atoms with E-state index in [1.54, 1.807) is 13.2 Å². The second-order valence-electron chi connectivity index (χ2n) is 2.79. The Balaban J connectivity index is 2.67. The molecule has 5 heteroatoms. The maximum absolute atomic E-state index is 11.4. The van der Waals surface area contributed by atoms with Crippen molar-refractivity contribution in [3.63, 3.8) is 0 Å². The molecular formula is C9H8BrN3O. The molecule has 14 heavy (non-hydrogen) atoms. The first-order valence-electron chi connectivity index (χ1n) is 4.08. The van der Waals surface area contributed by atoms with Crippen LogP contribution in [0.3, 0.4) is 0 Å². The molecule has 0 fully saturated rings. The molecule has 2 aromatic heterocycles. The average Bonchev–Trinajstić information content (AvgIpc) is 2.59. The second kappa shape index (κ2) is 3.42. The molecule has 1 N–H and O–H groups in total. The molecule has 2 aromatic rings. The largest absolute Gasteiger partial charge is 0.340 e. The van der Waals surface area contributed by atoms with Gasteiger partial charge >= 0.3 is 6.03 Å². The zero-order valence-electron chi connectivity index (χ0n) is 7.49. The maximum Gasteiger partial charge on any atom is 0.326 e. The molecule has 0 aromatic carbocycles. The zero-order valence-corrected chi connectivity index (χ0v) is 9.08. The van der Waals surface area contributed by atoms with Crippen LogP contribution in [0.2, 0.25) is 0 Å². The van der Waals surface area contributed by atoms with E-state index in [4.69, 9.17) is 0 Å². The van der Waals surface area contributed by atoms with Gasteiger partial charge in [-0.1, -0.05) is 0 Å². The number of pyridine rings is 1. The maximum atomic E-state index is 11.4. The molecule has 0 aliphatic heterocycles. The van der Waals surface area contributed by atoms with Gasteiger partial charge in [-0.15, -0.1) is 0 Å². The molecular weight excluding hydrogens is 246 g/mol. The number of nitrogens with zero attached hydrogens (tertiary/aromatic N) is 2. The van der Waals surface area contributed by atoms with Gasteiger partial charge in [0, 0.05) is 18.6 Å². The first kappa shape index (κ1) is 9.21. The summed E-state index contributed by atoms with van der Waals surface area (Å²) in [6.07, 6.45) is 1.70. The Labute approximate surface area is 89.1 Å². The van der Waals surface area contributed by atoms with Crippen LogP contribution in [0.15, 0.2) is 29.0 Å². The van der Waals surface area contributed by atoms with Crippen LogP contribution in [-0.4, -0.2) is 22.6 Å². The highest BCUT2D eigenvalue weighted by Gasteiger charge is 2.07. The number of halogens is 1. The first-order chi connectivity index (χ1) is 6.72. The number of carbonyl (C=O) groups excluding carboxylic acids is 1. The Morgan fingerprint density at radius 2 is 2.29 bits per heavy atom. The highest BCUT2D eigenvalue weighted by atomic mass is 79.9. The summed E-state index contributed by atoms with van der Waals surface area (Å²) >= 11 is 3.27. The molecule has 72 valence electrons. The van der Waals surface area contributed by atoms with E-state index in [0.717, 1.165) is 5.39 Å². The van der Waals surface area contributed by atoms with Gasteiger partial charge in [-0.25, -0.2) is 9.78 Å². The summed E-state index contributed by atoms with van der Waals surface area (Å²) in [6.45, 7) is 0. The zero-order chi connectivity index (χ0) is 10.1. The topological polar surface area (TPSA) is 46.9 Å². The minimum absolute atomic E-state index is 0.189. The minimum Gasteiger partial charge on any atom is -0.340 e. The third kappa shape index (κ3) is 1.39. The number of fused-ring (bicyclic) bond motifs is 1. The van der Waals surface area contributed by atoms with Crippen LogP contribution in [0.25, 0.3) is 11.0 Å². The number of rotatable bonds is 0. The minimum atomic E-state index is -0.189. The van der Waals surface area contributed by atoms with Crippen molar-refractivity contribution in [2.24, 2.45) is 0 Å². The average molecular weight is 254 g/mol. The van der Waals surface area contributed by atoms with E-state index >= 15 is 0 Å². The lowest BCUT2D eigenvalue weighted by Crippen LogP contribution is -2.23. The molecule has 4 nitrogen and oxygen atoms in total. The van der Waals surface area contributed by atoms with Crippen LogP contribution in [-0.2, 0) is 0 Å². The molecule has 0 atom stereocenters. The van der Waals surface area contributed by atoms with Crippen molar-refractivity contribution in [3.8, 4) is 0 Å². The summed E-state index contributed by atoms with van der Waals surface area (Å²) in [4.78, 5) is 15.6. The number of hydrogen-bond donors (Lipinski definition) is 1. The molecule has 0 aliphatic rings. The molecule has 0 radical (unpaired) electrons. The van der Waals surface area contributed by atoms with E-state index in [1.807, 2.05) is 18.2 Å². The van der Waals surface area contributed by atoms with Crippen LogP contribution in [0.5, 0.6) is 0 Å². The first-order valence-corrected chi connectivity index (χ1v) is 4.87. The van der Waals surface area contributed by atoms with Crippen LogP contribution in [0.4, 0.5) is 4.79 Å². The van der Waals surface area contributed by atoms with Crippen molar-refractivity contribution in [2.75, 3.05) is 7.05 Å². The van der Waals surface area contributed by atoms with E-state index in [-0.39, 0.29) is 6.03 Å². The lowest BCUT2D eigenvalue weighted by atomic mass is 10.3. The predicted molar refractivity (Wildman–Crippen MR) is 57.3 cm³/mol. The monoisotopic (exact) mass is 253 g/mol. The van der Waals surface area contributed by atoms with Crippen molar-refractivity contribution >= 4 is 33.0 Å². The molecule has 2 heterocycles. The number of carbonyl (C=O) groups is 1. The molecule has 0 unspecified atom stereocenters. The standard InChI is InChI=1S/C9H8BrN3O/c1-11-9(14)13-5-4-6-2-3-7(10)12-8(6)13/h2-5H,1H3,(H,11,14). The number of aromatic nitrogens is 2. The van der Waals surface area contributed by atoms with Gasteiger partial charge in [0.15, 0.2) is 0 Å². The highest BCUT2D eigenvalue weighted by molar-refractivity contribution is 9.10. The number of amides is 1. The fourth-order valence-electron chi connectivity index (χ4n) is 1.27. The molecule has 0 saturated heterocycles. The molecule has 0 aliphatic carbocycles. The van der Waals surface area contributed by atoms with Gasteiger partial charge in [0.1, 0.15) is 10.3 Å². The summed E-state index contributed by atoms with van der Waals surface area (Å²) in [5.41, 5.74) is 0.652. The fourth-order valence-corrected chi connectivity index (χ4v) is 1.57. The van der Waals surface area contributed by atoms with E-state index in [1.165, 1.54) is 4.57 Å². The van der Waals surface area contributed by atoms with Gasteiger partial charge in [-0.2, -0.15) is 0 Å². The van der Waals surface area contributed by atoms with E-state index in [0.29, 0.717) is 10.3 Å². The molecule has 1 amide bonds. The highest BCUT2D eigenvalue weighted by Crippen LogP contribution is 2.16. The second-order valence-corrected chi connectivity index (χ2v) is 3.60. The molecule has 2 rings (SSSR count). The van der Waals surface area contributed by atoms with Gasteiger partial charge in [0.2, 0.25) is 0 Å². The van der Waals surface area contributed by atoms with E-state index < -0.39 is 0 Å². The van der Waals surface area contributed by atoms with Gasteiger partial charge in [0.05, 0.1) is 0 Å². The summed E-state index contributed by atoms with van der Waals surface area (Å²) in [5.74, 6) is 0. The van der Waals surface area contributed by atoms with Crippen molar-refractivity contribution in [1.29, 1.82) is 0 Å². The smallest absolute Gasteiger partial charge is 0.326 e. The van der Waals surface area contributed by atoms with E-state index in [2.05, 4.69) is 26.2 Å². The number of hydrogen-bond acceptors (Lipinski definition) is 2. The van der Waals surface area contributed by atoms with Gasteiger partial charge < -0.3 is 5.32 Å². The van der Waals surface area contributed by atoms with Gasteiger partial charge in [-0.3, -0.25) is 4.57 Å². The number of nitrogens with one attached hydrogen (secondary N) is 1. The summed E-state index contributed by atoms with van der Waals surface area (Å²) in [5, 5.41) is 3.49. The van der Waals surface area contributed by atoms with Crippen molar-refractivity contribution in [3.05, 3.63) is 29.0 Å².